The van der Waals surface area contributed by atoms with Gasteiger partial charge in [-0.05, 0) is 20.8 Å². The Kier molecular flexibility index (Phi) is 4.95. The van der Waals surface area contributed by atoms with Gasteiger partial charge in [-0.1, -0.05) is 22.6 Å². The topological polar surface area (TPSA) is 9.23 Å². The van der Waals surface area contributed by atoms with Crippen molar-refractivity contribution in [2.75, 3.05) is 4.43 Å². The molecule has 0 radical (unpaired) electrons. The molecule has 0 bridgehead atoms. The van der Waals surface area contributed by atoms with E-state index in [0.717, 1.165) is 4.43 Å². The van der Waals surface area contributed by atoms with E-state index in [9.17, 15) is 0 Å². The van der Waals surface area contributed by atoms with E-state index < -0.39 is 0 Å². The van der Waals surface area contributed by atoms with Crippen molar-refractivity contribution in [3.8, 4) is 0 Å². The van der Waals surface area contributed by atoms with Crippen molar-refractivity contribution in [1.29, 1.82) is 0 Å². The van der Waals surface area contributed by atoms with Crippen LogP contribution >= 0.6 is 22.6 Å². The first-order valence-electron chi connectivity index (χ1n) is 2.88. The summed E-state index contributed by atoms with van der Waals surface area (Å²) in [5.41, 5.74) is 0. The van der Waals surface area contributed by atoms with Gasteiger partial charge in [-0.2, -0.15) is 0 Å². The average Bonchev–Trinajstić information content (AvgIpc) is 1.65. The summed E-state index contributed by atoms with van der Waals surface area (Å²) in [5.74, 6) is 0. The van der Waals surface area contributed by atoms with Crippen LogP contribution in [0.5, 0.6) is 0 Å². The van der Waals surface area contributed by atoms with Gasteiger partial charge in [-0.25, -0.2) is 0 Å². The highest BCUT2D eigenvalue weighted by Crippen LogP contribution is 1.99. The summed E-state index contributed by atoms with van der Waals surface area (Å²) < 4.78 is 6.47. The maximum Gasteiger partial charge on any atom is 0.0639 e. The van der Waals surface area contributed by atoms with Gasteiger partial charge in [0, 0.05) is 4.43 Å². The highest BCUT2D eigenvalue weighted by atomic mass is 127. The first-order chi connectivity index (χ1) is 3.66. The molecule has 1 unspecified atom stereocenters. The fourth-order valence-electron chi connectivity index (χ4n) is 0.501. The van der Waals surface area contributed by atoms with Gasteiger partial charge in [0.2, 0.25) is 0 Å². The van der Waals surface area contributed by atoms with Crippen LogP contribution in [0.4, 0.5) is 0 Å². The quantitative estimate of drug-likeness (QED) is 0.531. The third-order valence-corrected chi connectivity index (χ3v) is 1.96. The Balaban J connectivity index is 3.10. The Morgan fingerprint density at radius 3 is 2.00 bits per heavy atom. The van der Waals surface area contributed by atoms with E-state index in [1.807, 2.05) is 0 Å². The molecular formula is C6H13IO. The van der Waals surface area contributed by atoms with E-state index in [4.69, 9.17) is 4.74 Å². The maximum atomic E-state index is 5.39. The fourth-order valence-corrected chi connectivity index (χ4v) is 0.709. The number of hydrogen-bond donors (Lipinski definition) is 0. The summed E-state index contributed by atoms with van der Waals surface area (Å²) in [4.78, 5) is 0. The van der Waals surface area contributed by atoms with Crippen LogP contribution in [0.25, 0.3) is 0 Å². The first-order valence-corrected chi connectivity index (χ1v) is 4.40. The van der Waals surface area contributed by atoms with E-state index in [0.29, 0.717) is 12.2 Å². The minimum absolute atomic E-state index is 0.375. The van der Waals surface area contributed by atoms with E-state index in [1.54, 1.807) is 0 Å². The highest BCUT2D eigenvalue weighted by molar-refractivity contribution is 14.1. The minimum atomic E-state index is 0.375. The van der Waals surface area contributed by atoms with Crippen molar-refractivity contribution in [2.24, 2.45) is 0 Å². The highest BCUT2D eigenvalue weighted by Gasteiger charge is 1.99. The van der Waals surface area contributed by atoms with Crippen LogP contribution in [-0.4, -0.2) is 16.6 Å². The molecule has 0 saturated carbocycles. The number of halogens is 1. The molecular weight excluding hydrogens is 215 g/mol. The molecule has 0 aromatic heterocycles. The second kappa shape index (κ2) is 4.56. The van der Waals surface area contributed by atoms with Crippen molar-refractivity contribution in [2.45, 2.75) is 33.0 Å². The van der Waals surface area contributed by atoms with Gasteiger partial charge < -0.3 is 4.74 Å². The summed E-state index contributed by atoms with van der Waals surface area (Å²) >= 11 is 2.32. The molecule has 0 aromatic rings. The number of ether oxygens (including phenoxy) is 1. The molecule has 0 aliphatic carbocycles. The molecule has 2 heteroatoms. The van der Waals surface area contributed by atoms with E-state index in [1.165, 1.54) is 0 Å². The predicted octanol–water partition coefficient (Wildman–Crippen LogP) is 2.23. The Morgan fingerprint density at radius 1 is 1.38 bits per heavy atom. The van der Waals surface area contributed by atoms with E-state index in [2.05, 4.69) is 43.4 Å². The molecule has 0 amide bonds. The van der Waals surface area contributed by atoms with Gasteiger partial charge in [0.25, 0.3) is 0 Å². The molecule has 8 heavy (non-hydrogen) atoms. The van der Waals surface area contributed by atoms with Gasteiger partial charge >= 0.3 is 0 Å². The maximum absolute atomic E-state index is 5.39. The first kappa shape index (κ1) is 8.69. The lowest BCUT2D eigenvalue weighted by molar-refractivity contribution is 0.0343. The molecule has 0 spiro atoms. The summed E-state index contributed by atoms with van der Waals surface area (Å²) in [6, 6.07) is 0. The molecule has 0 heterocycles. The van der Waals surface area contributed by atoms with Gasteiger partial charge in [0.15, 0.2) is 0 Å². The monoisotopic (exact) mass is 228 g/mol. The third-order valence-electron chi connectivity index (χ3n) is 0.722. The zero-order chi connectivity index (χ0) is 6.57. The number of hydrogen-bond acceptors (Lipinski definition) is 1. The normalized spacial score (nSPS) is 14.6. The Hall–Kier alpha value is 0.690. The van der Waals surface area contributed by atoms with Gasteiger partial charge in [-0.15, -0.1) is 0 Å². The summed E-state index contributed by atoms with van der Waals surface area (Å²) in [6.07, 6.45) is 0.787. The largest absolute Gasteiger partial charge is 0.375 e. The van der Waals surface area contributed by atoms with Gasteiger partial charge in [0.05, 0.1) is 12.2 Å². The second-order valence-electron chi connectivity index (χ2n) is 2.15. The van der Waals surface area contributed by atoms with Crippen molar-refractivity contribution in [3.05, 3.63) is 0 Å². The molecule has 0 aromatic carbocycles. The fraction of sp³-hybridized carbons (Fsp3) is 1.00. The van der Waals surface area contributed by atoms with Gasteiger partial charge in [-0.3, -0.25) is 0 Å². The van der Waals surface area contributed by atoms with E-state index >= 15 is 0 Å². The summed E-state index contributed by atoms with van der Waals surface area (Å²) in [6.45, 7) is 6.21. The van der Waals surface area contributed by atoms with Crippen molar-refractivity contribution >= 4 is 22.6 Å². The van der Waals surface area contributed by atoms with Crippen LogP contribution in [0.3, 0.4) is 0 Å². The minimum Gasteiger partial charge on any atom is -0.375 e. The van der Waals surface area contributed by atoms with Crippen molar-refractivity contribution < 1.29 is 4.74 Å². The molecule has 0 N–H and O–H groups in total. The lowest BCUT2D eigenvalue weighted by Crippen LogP contribution is -2.14. The van der Waals surface area contributed by atoms with Crippen LogP contribution in [0.1, 0.15) is 20.8 Å². The molecule has 0 aliphatic heterocycles. The zero-order valence-corrected chi connectivity index (χ0v) is 7.81. The standard InChI is InChI=1S/C6H13IO/c1-5(2)8-6(3)4-7/h5-6H,4H2,1-3H3. The van der Waals surface area contributed by atoms with Gasteiger partial charge in [0.1, 0.15) is 0 Å². The number of rotatable bonds is 3. The molecule has 50 valence electrons. The predicted molar refractivity (Wildman–Crippen MR) is 44.6 cm³/mol. The molecule has 1 atom stereocenters. The van der Waals surface area contributed by atoms with Crippen LogP contribution in [0.15, 0.2) is 0 Å². The summed E-state index contributed by atoms with van der Waals surface area (Å²) in [7, 11) is 0. The summed E-state index contributed by atoms with van der Waals surface area (Å²) in [5, 5.41) is 0. The van der Waals surface area contributed by atoms with Crippen LogP contribution in [-0.2, 0) is 4.74 Å². The second-order valence-corrected chi connectivity index (χ2v) is 3.03. The molecule has 0 rings (SSSR count). The average molecular weight is 228 g/mol. The van der Waals surface area contributed by atoms with Crippen molar-refractivity contribution in [3.63, 3.8) is 0 Å². The molecule has 0 saturated heterocycles. The lowest BCUT2D eigenvalue weighted by atomic mass is 10.4. The smallest absolute Gasteiger partial charge is 0.0639 e. The number of alkyl halides is 1. The van der Waals surface area contributed by atoms with Crippen molar-refractivity contribution in [1.82, 2.24) is 0 Å². The Labute approximate surface area is 64.9 Å². The lowest BCUT2D eigenvalue weighted by Gasteiger charge is -2.12. The zero-order valence-electron chi connectivity index (χ0n) is 5.65. The van der Waals surface area contributed by atoms with Crippen LogP contribution < -0.4 is 0 Å². The third kappa shape index (κ3) is 4.84. The molecule has 0 fully saturated rings. The Morgan fingerprint density at radius 2 is 1.88 bits per heavy atom. The molecule has 1 nitrogen and oxygen atoms in total. The molecule has 0 aliphatic rings. The van der Waals surface area contributed by atoms with E-state index in [-0.39, 0.29) is 0 Å². The SMILES string of the molecule is CC(C)OC(C)CI. The van der Waals surface area contributed by atoms with Crippen LogP contribution in [0, 0.1) is 0 Å². The van der Waals surface area contributed by atoms with Crippen LogP contribution in [0.2, 0.25) is 0 Å². The Bertz CT molecular complexity index is 54.5.